The molecular formula is C24H16N2O5. The van der Waals surface area contributed by atoms with Crippen molar-refractivity contribution in [2.45, 2.75) is 11.5 Å². The van der Waals surface area contributed by atoms with Crippen molar-refractivity contribution >= 4 is 23.2 Å². The van der Waals surface area contributed by atoms with Gasteiger partial charge in [0.15, 0.2) is 0 Å². The molecule has 7 rings (SSSR count). The minimum Gasteiger partial charge on any atom is -0.379 e. The summed E-state index contributed by atoms with van der Waals surface area (Å²) in [5, 5.41) is 23.7. The first-order valence-corrected chi connectivity index (χ1v) is 9.98. The van der Waals surface area contributed by atoms with Crippen LogP contribution in [-0.2, 0) is 15.2 Å². The minimum atomic E-state index is -1.68. The second-order valence-electron chi connectivity index (χ2n) is 8.18. The molecule has 3 aliphatic carbocycles. The number of para-hydroxylation sites is 2. The van der Waals surface area contributed by atoms with E-state index in [4.69, 9.17) is 0 Å². The molecule has 152 valence electrons. The van der Waals surface area contributed by atoms with Crippen LogP contribution in [-0.4, -0.2) is 21.8 Å². The molecule has 0 unspecified atom stereocenters. The average Bonchev–Trinajstić information content (AvgIpc) is 3.05. The van der Waals surface area contributed by atoms with E-state index in [1.165, 1.54) is 18.2 Å². The maximum absolute atomic E-state index is 13.7. The number of hydrogen-bond acceptors (Lipinski definition) is 5. The highest BCUT2D eigenvalue weighted by Gasteiger charge is 2.68. The lowest BCUT2D eigenvalue weighted by Crippen LogP contribution is -2.53. The Labute approximate surface area is 176 Å². The van der Waals surface area contributed by atoms with E-state index in [2.05, 4.69) is 0 Å². The summed E-state index contributed by atoms with van der Waals surface area (Å²) < 4.78 is 0. The minimum absolute atomic E-state index is 0.0620. The van der Waals surface area contributed by atoms with Gasteiger partial charge >= 0.3 is 0 Å². The van der Waals surface area contributed by atoms with Crippen molar-refractivity contribution in [1.82, 2.24) is 0 Å². The average molecular weight is 412 g/mol. The first-order chi connectivity index (χ1) is 15.0. The fourth-order valence-electron chi connectivity index (χ4n) is 5.78. The third-order valence-electron chi connectivity index (χ3n) is 6.89. The summed E-state index contributed by atoms with van der Waals surface area (Å²) in [6.07, 6.45) is 0. The van der Waals surface area contributed by atoms with Gasteiger partial charge in [-0.1, -0.05) is 60.7 Å². The number of anilines is 1. The second kappa shape index (κ2) is 5.86. The van der Waals surface area contributed by atoms with Crippen LogP contribution in [0.3, 0.4) is 0 Å². The molecule has 0 saturated carbocycles. The number of rotatable bonds is 2. The molecule has 3 aromatic carbocycles. The summed E-state index contributed by atoms with van der Waals surface area (Å²) in [6.45, 7) is 0. The highest BCUT2D eigenvalue weighted by atomic mass is 16.6. The van der Waals surface area contributed by atoms with Crippen LogP contribution in [0.4, 0.5) is 11.4 Å². The summed E-state index contributed by atoms with van der Waals surface area (Å²) >= 11 is 0. The molecule has 1 N–H and O–H groups in total. The fraction of sp³-hybridized carbons (Fsp3) is 0.167. The number of hydrogen-bond donors (Lipinski definition) is 1. The largest absolute Gasteiger partial charge is 0.379 e. The van der Waals surface area contributed by atoms with Crippen molar-refractivity contribution in [3.8, 4) is 0 Å². The zero-order valence-electron chi connectivity index (χ0n) is 16.1. The van der Waals surface area contributed by atoms with Crippen LogP contribution < -0.4 is 4.90 Å². The standard InChI is InChI=1S/C24H16N2O5/c27-22-20-19-13-7-1-3-9-15(13)24(29,16-10-4-2-8-14(16)19)21(20)23(28)25(22)17-11-5-6-12-18(17)26(30)31/h1-12,19-21,29H/t19?,20-,21+,24?/m0/s1. The quantitative estimate of drug-likeness (QED) is 0.396. The van der Waals surface area contributed by atoms with Gasteiger partial charge in [-0.3, -0.25) is 19.7 Å². The van der Waals surface area contributed by atoms with Crippen LogP contribution in [0.25, 0.3) is 0 Å². The lowest BCUT2D eigenvalue weighted by molar-refractivity contribution is -0.384. The topological polar surface area (TPSA) is 101 Å². The Morgan fingerprint density at radius 1 is 0.839 bits per heavy atom. The predicted molar refractivity (Wildman–Crippen MR) is 110 cm³/mol. The molecule has 31 heavy (non-hydrogen) atoms. The number of benzene rings is 3. The van der Waals surface area contributed by atoms with Crippen molar-refractivity contribution in [1.29, 1.82) is 0 Å². The summed E-state index contributed by atoms with van der Waals surface area (Å²) in [5.74, 6) is -3.41. The summed E-state index contributed by atoms with van der Waals surface area (Å²) in [7, 11) is 0. The van der Waals surface area contributed by atoms with Crippen LogP contribution in [0, 0.1) is 22.0 Å². The van der Waals surface area contributed by atoms with E-state index in [1.54, 1.807) is 30.3 Å². The summed E-state index contributed by atoms with van der Waals surface area (Å²) in [4.78, 5) is 39.2. The van der Waals surface area contributed by atoms with Crippen molar-refractivity contribution in [3.63, 3.8) is 0 Å². The van der Waals surface area contributed by atoms with Gasteiger partial charge in [0.25, 0.3) is 5.69 Å². The Hall–Kier alpha value is -3.84. The van der Waals surface area contributed by atoms with Crippen LogP contribution in [0.15, 0.2) is 72.8 Å². The number of nitrogens with zero attached hydrogens (tertiary/aromatic N) is 2. The van der Waals surface area contributed by atoms with E-state index in [-0.39, 0.29) is 11.4 Å². The first-order valence-electron chi connectivity index (χ1n) is 9.98. The number of aliphatic hydroxyl groups is 1. The van der Waals surface area contributed by atoms with Crippen molar-refractivity contribution in [3.05, 3.63) is 105 Å². The normalized spacial score (nSPS) is 27.6. The molecule has 7 heteroatoms. The molecule has 1 heterocycles. The monoisotopic (exact) mass is 412 g/mol. The molecule has 0 radical (unpaired) electrons. The molecule has 0 spiro atoms. The molecule has 1 fully saturated rings. The van der Waals surface area contributed by atoms with Gasteiger partial charge < -0.3 is 5.11 Å². The van der Waals surface area contributed by atoms with Crippen LogP contribution in [0.5, 0.6) is 0 Å². The van der Waals surface area contributed by atoms with E-state index >= 15 is 0 Å². The molecule has 7 nitrogen and oxygen atoms in total. The van der Waals surface area contributed by atoms with E-state index < -0.39 is 40.1 Å². The number of carbonyl (C=O) groups excluding carboxylic acids is 2. The molecule has 1 saturated heterocycles. The number of carbonyl (C=O) groups is 2. The zero-order chi connectivity index (χ0) is 21.5. The molecule has 1 aliphatic heterocycles. The third kappa shape index (κ3) is 2.01. The van der Waals surface area contributed by atoms with Crippen molar-refractivity contribution in [2.24, 2.45) is 11.8 Å². The maximum atomic E-state index is 13.7. The molecule has 2 bridgehead atoms. The molecule has 2 atom stereocenters. The van der Waals surface area contributed by atoms with E-state index in [1.807, 2.05) is 24.3 Å². The van der Waals surface area contributed by atoms with E-state index in [0.717, 1.165) is 16.0 Å². The lowest BCUT2D eigenvalue weighted by Gasteiger charge is -2.51. The predicted octanol–water partition coefficient (Wildman–Crippen LogP) is 3.10. The Bertz CT molecular complexity index is 1270. The Balaban J connectivity index is 1.62. The van der Waals surface area contributed by atoms with Crippen LogP contribution in [0.2, 0.25) is 0 Å². The van der Waals surface area contributed by atoms with Gasteiger partial charge in [-0.05, 0) is 28.3 Å². The first kappa shape index (κ1) is 18.0. The number of amides is 2. The second-order valence-corrected chi connectivity index (χ2v) is 8.18. The van der Waals surface area contributed by atoms with Crippen LogP contribution >= 0.6 is 0 Å². The number of nitro benzene ring substituents is 1. The molecule has 3 aromatic rings. The number of imide groups is 1. The van der Waals surface area contributed by atoms with E-state index in [0.29, 0.717) is 11.1 Å². The SMILES string of the molecule is O=C1[C@H]2C3c4ccccc4C(O)(c4ccccc43)[C@H]2C(=O)N1c1ccccc1[N+](=O)[O-]. The van der Waals surface area contributed by atoms with Gasteiger partial charge in [0.2, 0.25) is 11.8 Å². The Morgan fingerprint density at radius 3 is 2.00 bits per heavy atom. The van der Waals surface area contributed by atoms with Gasteiger partial charge in [-0.25, -0.2) is 4.90 Å². The molecule has 4 aliphatic rings. The highest BCUT2D eigenvalue weighted by Crippen LogP contribution is 2.63. The summed E-state index contributed by atoms with van der Waals surface area (Å²) in [6, 6.07) is 20.3. The Kier molecular flexibility index (Phi) is 3.40. The maximum Gasteiger partial charge on any atom is 0.293 e. The smallest absolute Gasteiger partial charge is 0.293 e. The van der Waals surface area contributed by atoms with Gasteiger partial charge in [-0.2, -0.15) is 0 Å². The zero-order valence-corrected chi connectivity index (χ0v) is 16.1. The molecule has 2 amide bonds. The van der Waals surface area contributed by atoms with Gasteiger partial charge in [0, 0.05) is 12.0 Å². The van der Waals surface area contributed by atoms with Crippen LogP contribution in [0.1, 0.15) is 28.2 Å². The lowest BCUT2D eigenvalue weighted by atomic mass is 9.52. The van der Waals surface area contributed by atoms with Gasteiger partial charge in [-0.15, -0.1) is 0 Å². The third-order valence-corrected chi connectivity index (χ3v) is 6.89. The summed E-state index contributed by atoms with van der Waals surface area (Å²) in [5.41, 5.74) is 0.796. The molecular weight excluding hydrogens is 396 g/mol. The molecule has 0 aromatic heterocycles. The van der Waals surface area contributed by atoms with Crippen molar-refractivity contribution in [2.75, 3.05) is 4.90 Å². The van der Waals surface area contributed by atoms with Gasteiger partial charge in [0.1, 0.15) is 11.3 Å². The Morgan fingerprint density at radius 2 is 1.39 bits per heavy atom. The highest BCUT2D eigenvalue weighted by molar-refractivity contribution is 6.24. The fourth-order valence-corrected chi connectivity index (χ4v) is 5.78. The van der Waals surface area contributed by atoms with Crippen molar-refractivity contribution < 1.29 is 19.6 Å². The van der Waals surface area contributed by atoms with E-state index in [9.17, 15) is 24.8 Å². The number of nitro groups is 1. The van der Waals surface area contributed by atoms with Gasteiger partial charge in [0.05, 0.1) is 16.8 Å².